The first-order chi connectivity index (χ1) is 12.7. The zero-order valence-electron chi connectivity index (χ0n) is 14.1. The molecule has 0 aliphatic heterocycles. The van der Waals surface area contributed by atoms with Gasteiger partial charge in [-0.25, -0.2) is 12.8 Å². The molecule has 146 valence electrons. The van der Waals surface area contributed by atoms with E-state index < -0.39 is 21.7 Å². The van der Waals surface area contributed by atoms with Gasteiger partial charge in [-0.15, -0.1) is 11.3 Å². The zero-order valence-corrected chi connectivity index (χ0v) is 18.0. The molecular weight excluding hydrogens is 479 g/mol. The van der Waals surface area contributed by atoms with Crippen LogP contribution < -0.4 is 5.73 Å². The first-order valence-electron chi connectivity index (χ1n) is 8.18. The first kappa shape index (κ1) is 20.7. The molecule has 2 aromatic rings. The summed E-state index contributed by atoms with van der Waals surface area (Å²) >= 11 is 10.1. The normalized spacial score (nSPS) is 19.4. The number of thiophene rings is 1. The minimum Gasteiger partial charge on any atom is -0.370 e. The number of rotatable bonds is 8. The van der Waals surface area contributed by atoms with E-state index in [1.165, 1.54) is 22.5 Å². The summed E-state index contributed by atoms with van der Waals surface area (Å²) in [5.41, 5.74) is 5.47. The van der Waals surface area contributed by atoms with Gasteiger partial charge in [0.25, 0.3) is 10.0 Å². The number of sulfonamides is 1. The number of halogens is 3. The second kappa shape index (κ2) is 8.16. The maximum absolute atomic E-state index is 14.3. The molecule has 1 aromatic carbocycles. The molecule has 2 atom stereocenters. The van der Waals surface area contributed by atoms with Gasteiger partial charge in [0.2, 0.25) is 5.91 Å². The fraction of sp³-hybridized carbons (Fsp3) is 0.353. The SMILES string of the molecule is NC(=O)CCC1CC1N(Cc1ccc(Br)cc1F)S(=O)(=O)c1ccc(Cl)s1. The topological polar surface area (TPSA) is 80.5 Å². The summed E-state index contributed by atoms with van der Waals surface area (Å²) < 4.78 is 43.0. The van der Waals surface area contributed by atoms with E-state index in [4.69, 9.17) is 17.3 Å². The molecular formula is C17H17BrClFN2O3S2. The number of carbonyl (C=O) groups is 1. The lowest BCUT2D eigenvalue weighted by Crippen LogP contribution is -2.33. The van der Waals surface area contributed by atoms with Crippen molar-refractivity contribution in [2.45, 2.75) is 36.1 Å². The van der Waals surface area contributed by atoms with Crippen LogP contribution in [0.5, 0.6) is 0 Å². The molecule has 0 bridgehead atoms. The van der Waals surface area contributed by atoms with E-state index >= 15 is 0 Å². The van der Waals surface area contributed by atoms with Crippen molar-refractivity contribution in [3.05, 3.63) is 50.5 Å². The Kier molecular flexibility index (Phi) is 6.27. The summed E-state index contributed by atoms with van der Waals surface area (Å²) in [5, 5.41) is 0. The average molecular weight is 496 g/mol. The van der Waals surface area contributed by atoms with Crippen LogP contribution in [-0.4, -0.2) is 24.7 Å². The van der Waals surface area contributed by atoms with Crippen molar-refractivity contribution in [1.29, 1.82) is 0 Å². The van der Waals surface area contributed by atoms with Crippen LogP contribution in [0.3, 0.4) is 0 Å². The zero-order chi connectivity index (χ0) is 19.8. The highest BCUT2D eigenvalue weighted by molar-refractivity contribution is 9.10. The minimum atomic E-state index is -3.84. The molecule has 2 unspecified atom stereocenters. The average Bonchev–Trinajstić information content (AvgIpc) is 3.21. The molecule has 1 aromatic heterocycles. The maximum Gasteiger partial charge on any atom is 0.253 e. The molecule has 2 N–H and O–H groups in total. The fourth-order valence-corrected chi connectivity index (χ4v) is 6.59. The van der Waals surface area contributed by atoms with E-state index in [2.05, 4.69) is 15.9 Å². The number of hydrogen-bond donors (Lipinski definition) is 1. The molecule has 0 radical (unpaired) electrons. The van der Waals surface area contributed by atoms with Gasteiger partial charge >= 0.3 is 0 Å². The van der Waals surface area contributed by atoms with Crippen LogP contribution in [0.4, 0.5) is 4.39 Å². The number of carbonyl (C=O) groups excluding carboxylic acids is 1. The van der Waals surface area contributed by atoms with E-state index in [1.807, 2.05) is 0 Å². The van der Waals surface area contributed by atoms with Crippen LogP contribution in [0, 0.1) is 11.7 Å². The van der Waals surface area contributed by atoms with Crippen molar-refractivity contribution in [1.82, 2.24) is 4.31 Å². The number of amides is 1. The summed E-state index contributed by atoms with van der Waals surface area (Å²) in [6, 6.07) is 7.22. The van der Waals surface area contributed by atoms with Gasteiger partial charge in [-0.05, 0) is 43.0 Å². The lowest BCUT2D eigenvalue weighted by Gasteiger charge is -2.22. The van der Waals surface area contributed by atoms with Crippen LogP contribution >= 0.6 is 38.9 Å². The quantitative estimate of drug-likeness (QED) is 0.597. The Hall–Kier alpha value is -1.000. The van der Waals surface area contributed by atoms with Crippen molar-refractivity contribution in [2.24, 2.45) is 11.7 Å². The lowest BCUT2D eigenvalue weighted by atomic mass is 10.2. The van der Waals surface area contributed by atoms with Gasteiger partial charge in [-0.3, -0.25) is 4.79 Å². The molecule has 0 saturated heterocycles. The lowest BCUT2D eigenvalue weighted by molar-refractivity contribution is -0.118. The Balaban J connectivity index is 1.89. The number of nitrogens with zero attached hydrogens (tertiary/aromatic N) is 1. The van der Waals surface area contributed by atoms with E-state index in [1.54, 1.807) is 12.1 Å². The molecule has 10 heteroatoms. The Labute approximate surface area is 174 Å². The largest absolute Gasteiger partial charge is 0.370 e. The van der Waals surface area contributed by atoms with E-state index in [0.717, 1.165) is 11.3 Å². The number of hydrogen-bond acceptors (Lipinski definition) is 4. The van der Waals surface area contributed by atoms with E-state index in [0.29, 0.717) is 21.7 Å². The van der Waals surface area contributed by atoms with Crippen molar-refractivity contribution in [2.75, 3.05) is 0 Å². The smallest absolute Gasteiger partial charge is 0.253 e. The predicted molar refractivity (Wildman–Crippen MR) is 106 cm³/mol. The molecule has 1 aliphatic carbocycles. The third-order valence-corrected chi connectivity index (χ3v) is 8.53. The first-order valence-corrected chi connectivity index (χ1v) is 11.6. The van der Waals surface area contributed by atoms with Crippen LogP contribution in [0.1, 0.15) is 24.8 Å². The summed E-state index contributed by atoms with van der Waals surface area (Å²) in [4.78, 5) is 11.0. The molecule has 1 saturated carbocycles. The Morgan fingerprint density at radius 1 is 1.37 bits per heavy atom. The molecule has 1 fully saturated rings. The van der Waals surface area contributed by atoms with Gasteiger partial charge in [0, 0.05) is 29.0 Å². The Morgan fingerprint density at radius 3 is 2.70 bits per heavy atom. The molecule has 0 spiro atoms. The van der Waals surface area contributed by atoms with Gasteiger partial charge in [0.15, 0.2) is 0 Å². The highest BCUT2D eigenvalue weighted by Gasteiger charge is 2.47. The van der Waals surface area contributed by atoms with Gasteiger partial charge in [0.1, 0.15) is 10.0 Å². The summed E-state index contributed by atoms with van der Waals surface area (Å²) in [5.74, 6) is -0.872. The predicted octanol–water partition coefficient (Wildman–Crippen LogP) is 4.15. The van der Waals surface area contributed by atoms with Crippen LogP contribution in [0.2, 0.25) is 4.34 Å². The van der Waals surface area contributed by atoms with Crippen LogP contribution in [0.15, 0.2) is 39.0 Å². The number of nitrogens with two attached hydrogens (primary N) is 1. The Bertz CT molecular complexity index is 967. The maximum atomic E-state index is 14.3. The second-order valence-electron chi connectivity index (χ2n) is 6.41. The van der Waals surface area contributed by atoms with Crippen molar-refractivity contribution in [3.63, 3.8) is 0 Å². The fourth-order valence-electron chi connectivity index (χ4n) is 2.97. The van der Waals surface area contributed by atoms with Crippen molar-refractivity contribution >= 4 is 54.8 Å². The number of benzene rings is 1. The second-order valence-corrected chi connectivity index (χ2v) is 11.2. The molecule has 1 aliphatic rings. The monoisotopic (exact) mass is 494 g/mol. The third-order valence-electron chi connectivity index (χ3n) is 4.47. The van der Waals surface area contributed by atoms with Crippen LogP contribution in [0.25, 0.3) is 0 Å². The minimum absolute atomic E-state index is 0.0289. The molecule has 5 nitrogen and oxygen atoms in total. The molecule has 27 heavy (non-hydrogen) atoms. The summed E-state index contributed by atoms with van der Waals surface area (Å²) in [6.07, 6.45) is 1.33. The Morgan fingerprint density at radius 2 is 2.11 bits per heavy atom. The summed E-state index contributed by atoms with van der Waals surface area (Å²) in [7, 11) is -3.84. The van der Waals surface area contributed by atoms with E-state index in [-0.39, 0.29) is 34.7 Å². The standard InChI is InChI=1S/C17H17BrClFN2O3S2/c18-12-3-1-11(13(20)8-12)9-22(14-7-10(14)2-5-16(21)23)27(24,25)17-6-4-15(19)26-17/h1,3-4,6,8,10,14H,2,5,7,9H2,(H2,21,23). The van der Waals surface area contributed by atoms with Crippen molar-refractivity contribution in [3.8, 4) is 0 Å². The third kappa shape index (κ3) is 4.89. The van der Waals surface area contributed by atoms with Gasteiger partial charge < -0.3 is 5.73 Å². The van der Waals surface area contributed by atoms with Gasteiger partial charge in [-0.2, -0.15) is 4.31 Å². The highest BCUT2D eigenvalue weighted by Crippen LogP contribution is 2.43. The van der Waals surface area contributed by atoms with Crippen LogP contribution in [-0.2, 0) is 21.4 Å². The van der Waals surface area contributed by atoms with Crippen molar-refractivity contribution < 1.29 is 17.6 Å². The van der Waals surface area contributed by atoms with Gasteiger partial charge in [0.05, 0.1) is 4.34 Å². The van der Waals surface area contributed by atoms with Gasteiger partial charge in [-0.1, -0.05) is 33.6 Å². The molecule has 3 rings (SSSR count). The number of primary amides is 1. The van der Waals surface area contributed by atoms with E-state index in [9.17, 15) is 17.6 Å². The summed E-state index contributed by atoms with van der Waals surface area (Å²) in [6.45, 7) is -0.0886. The molecule has 1 heterocycles. The highest BCUT2D eigenvalue weighted by atomic mass is 79.9. The molecule has 1 amide bonds.